The lowest BCUT2D eigenvalue weighted by atomic mass is 9.76. The number of phenolic OH excluding ortho intramolecular Hbond substituents is 1. The Kier molecular flexibility index (Phi) is 7.60. The van der Waals surface area contributed by atoms with Crippen LogP contribution in [-0.4, -0.2) is 16.3 Å². The molecule has 0 saturated heterocycles. The molecule has 1 fully saturated rings. The maximum atomic E-state index is 10.9. The highest BCUT2D eigenvalue weighted by atomic mass is 35.5. The molecule has 1 saturated carbocycles. The van der Waals surface area contributed by atoms with Crippen LogP contribution in [0, 0.1) is 5.92 Å². The monoisotopic (exact) mass is 383 g/mol. The highest BCUT2D eigenvalue weighted by molar-refractivity contribution is 5.85. The Bertz CT molecular complexity index is 560. The Morgan fingerprint density at radius 3 is 1.73 bits per heavy atom. The minimum Gasteiger partial charge on any atom is -0.507 e. The van der Waals surface area contributed by atoms with Crippen LogP contribution in [0.4, 0.5) is 0 Å². The van der Waals surface area contributed by atoms with Crippen LogP contribution in [0.3, 0.4) is 0 Å². The van der Waals surface area contributed by atoms with Gasteiger partial charge in [0.2, 0.25) is 0 Å². The van der Waals surface area contributed by atoms with E-state index >= 15 is 0 Å². The molecule has 1 aliphatic carbocycles. The normalized spacial score (nSPS) is 18.9. The lowest BCUT2D eigenvalue weighted by Crippen LogP contribution is -2.34. The predicted octanol–water partition coefficient (Wildman–Crippen LogP) is 5.35. The third-order valence-corrected chi connectivity index (χ3v) is 5.63. The van der Waals surface area contributed by atoms with E-state index in [0.29, 0.717) is 5.75 Å². The van der Waals surface area contributed by atoms with E-state index in [1.54, 1.807) is 0 Å². The lowest BCUT2D eigenvalue weighted by molar-refractivity contribution is 0.0617. The van der Waals surface area contributed by atoms with Crippen molar-refractivity contribution in [3.63, 3.8) is 0 Å². The minimum absolute atomic E-state index is 0. The predicted molar refractivity (Wildman–Crippen MR) is 112 cm³/mol. The van der Waals surface area contributed by atoms with Gasteiger partial charge in [-0.1, -0.05) is 60.8 Å². The number of nitrogens with two attached hydrogens (primary N) is 1. The summed E-state index contributed by atoms with van der Waals surface area (Å²) in [7, 11) is 0. The van der Waals surface area contributed by atoms with E-state index in [9.17, 15) is 10.2 Å². The van der Waals surface area contributed by atoms with Crippen molar-refractivity contribution < 1.29 is 10.2 Å². The van der Waals surface area contributed by atoms with Crippen molar-refractivity contribution in [3.05, 3.63) is 28.8 Å². The summed E-state index contributed by atoms with van der Waals surface area (Å²) in [6.45, 7) is 12.6. The molecule has 1 aliphatic rings. The van der Waals surface area contributed by atoms with Gasteiger partial charge in [0.15, 0.2) is 0 Å². The molecule has 2 atom stereocenters. The maximum Gasteiger partial charge on any atom is 0.123 e. The van der Waals surface area contributed by atoms with Crippen molar-refractivity contribution in [2.24, 2.45) is 11.7 Å². The topological polar surface area (TPSA) is 66.5 Å². The maximum absolute atomic E-state index is 10.9. The molecule has 1 aromatic rings. The van der Waals surface area contributed by atoms with Gasteiger partial charge in [-0.15, -0.1) is 12.4 Å². The second kappa shape index (κ2) is 8.50. The van der Waals surface area contributed by atoms with Crippen LogP contribution < -0.4 is 5.73 Å². The molecule has 0 heterocycles. The van der Waals surface area contributed by atoms with Gasteiger partial charge >= 0.3 is 0 Å². The average molecular weight is 384 g/mol. The molecule has 0 unspecified atom stereocenters. The number of hydrogen-bond donors (Lipinski definition) is 3. The molecule has 0 spiro atoms. The summed E-state index contributed by atoms with van der Waals surface area (Å²) in [4.78, 5) is 0. The van der Waals surface area contributed by atoms with Gasteiger partial charge < -0.3 is 15.9 Å². The summed E-state index contributed by atoms with van der Waals surface area (Å²) in [5.41, 5.74) is 8.89. The molecular formula is C22H38ClNO2. The van der Waals surface area contributed by atoms with E-state index in [4.69, 9.17) is 5.73 Å². The summed E-state index contributed by atoms with van der Waals surface area (Å²) in [5.74, 6) is 0.650. The molecule has 0 amide bonds. The number of aliphatic hydroxyl groups is 1. The molecule has 3 nitrogen and oxygen atoms in total. The molecule has 1 aromatic carbocycles. The van der Waals surface area contributed by atoms with Gasteiger partial charge in [0.05, 0.1) is 12.1 Å². The molecular weight excluding hydrogens is 346 g/mol. The van der Waals surface area contributed by atoms with Crippen LogP contribution in [0.25, 0.3) is 0 Å². The Labute approximate surface area is 165 Å². The first-order valence-electron chi connectivity index (χ1n) is 9.74. The fourth-order valence-electron chi connectivity index (χ4n) is 3.96. The van der Waals surface area contributed by atoms with Gasteiger partial charge in [0.1, 0.15) is 5.75 Å². The SMILES string of the molecule is CC(C)(C)c1cc([C@@H](N)[C@@H](O)C2CCCCC2)cc(C(C)(C)C)c1O.Cl. The number of hydrogen-bond acceptors (Lipinski definition) is 3. The van der Waals surface area contributed by atoms with Crippen LogP contribution in [0.2, 0.25) is 0 Å². The lowest BCUT2D eigenvalue weighted by Gasteiger charge is -2.33. The number of aliphatic hydroxyl groups excluding tert-OH is 1. The standard InChI is InChI=1S/C22H37NO2.ClH/c1-21(2,3)16-12-15(13-17(20(16)25)22(4,5)6)18(23)19(24)14-10-8-7-9-11-14;/h12-14,18-19,24-25H,7-11,23H2,1-6H3;1H/t18-,19+;/m1./s1. The van der Waals surface area contributed by atoms with Crippen LogP contribution in [0.15, 0.2) is 12.1 Å². The van der Waals surface area contributed by atoms with E-state index in [2.05, 4.69) is 41.5 Å². The first-order chi connectivity index (χ1) is 11.4. The third kappa shape index (κ3) is 5.15. The van der Waals surface area contributed by atoms with Gasteiger partial charge in [-0.25, -0.2) is 0 Å². The summed E-state index contributed by atoms with van der Waals surface area (Å²) < 4.78 is 0. The van der Waals surface area contributed by atoms with Crippen molar-refractivity contribution in [1.29, 1.82) is 0 Å². The molecule has 0 aromatic heterocycles. The number of aromatic hydroxyl groups is 1. The zero-order valence-electron chi connectivity index (χ0n) is 17.3. The fourth-order valence-corrected chi connectivity index (χ4v) is 3.96. The minimum atomic E-state index is -0.523. The Hall–Kier alpha value is -0.770. The molecule has 4 heteroatoms. The summed E-state index contributed by atoms with van der Waals surface area (Å²) in [6.07, 6.45) is 5.23. The van der Waals surface area contributed by atoms with Crippen molar-refractivity contribution in [3.8, 4) is 5.75 Å². The number of phenols is 1. The quantitative estimate of drug-likeness (QED) is 0.659. The van der Waals surface area contributed by atoms with Crippen LogP contribution in [0.1, 0.15) is 96.4 Å². The zero-order chi connectivity index (χ0) is 19.0. The van der Waals surface area contributed by atoms with Crippen molar-refractivity contribution in [1.82, 2.24) is 0 Å². The van der Waals surface area contributed by atoms with E-state index < -0.39 is 12.1 Å². The number of benzene rings is 1. The molecule has 0 radical (unpaired) electrons. The Morgan fingerprint density at radius 1 is 0.923 bits per heavy atom. The molecule has 4 N–H and O–H groups in total. The van der Waals surface area contributed by atoms with E-state index in [0.717, 1.165) is 29.5 Å². The van der Waals surface area contributed by atoms with Crippen molar-refractivity contribution >= 4 is 12.4 Å². The van der Waals surface area contributed by atoms with Crippen LogP contribution in [0.5, 0.6) is 5.75 Å². The van der Waals surface area contributed by atoms with Gasteiger partial charge in [0.25, 0.3) is 0 Å². The Morgan fingerprint density at radius 2 is 1.35 bits per heavy atom. The number of halogens is 1. The molecule has 150 valence electrons. The van der Waals surface area contributed by atoms with Gasteiger partial charge in [-0.2, -0.15) is 0 Å². The van der Waals surface area contributed by atoms with Crippen molar-refractivity contribution in [2.45, 2.75) is 96.6 Å². The molecule has 0 aliphatic heterocycles. The Balaban J connectivity index is 0.00000338. The molecule has 2 rings (SSSR count). The van der Waals surface area contributed by atoms with Crippen LogP contribution >= 0.6 is 12.4 Å². The van der Waals surface area contributed by atoms with E-state index in [1.807, 2.05) is 12.1 Å². The number of rotatable bonds is 3. The van der Waals surface area contributed by atoms with Crippen molar-refractivity contribution in [2.75, 3.05) is 0 Å². The second-order valence-electron chi connectivity index (χ2n) is 9.88. The summed E-state index contributed by atoms with van der Waals surface area (Å²) >= 11 is 0. The highest BCUT2D eigenvalue weighted by Gasteiger charge is 2.31. The highest BCUT2D eigenvalue weighted by Crippen LogP contribution is 2.41. The fraction of sp³-hybridized carbons (Fsp3) is 0.727. The molecule has 0 bridgehead atoms. The van der Waals surface area contributed by atoms with E-state index in [1.165, 1.54) is 19.3 Å². The van der Waals surface area contributed by atoms with Gasteiger partial charge in [-0.3, -0.25) is 0 Å². The zero-order valence-corrected chi connectivity index (χ0v) is 18.1. The first kappa shape index (κ1) is 23.3. The largest absolute Gasteiger partial charge is 0.507 e. The first-order valence-corrected chi connectivity index (χ1v) is 9.74. The summed E-state index contributed by atoms with van der Waals surface area (Å²) in [6, 6.07) is 3.59. The smallest absolute Gasteiger partial charge is 0.123 e. The second-order valence-corrected chi connectivity index (χ2v) is 9.88. The van der Waals surface area contributed by atoms with Gasteiger partial charge in [0, 0.05) is 0 Å². The summed E-state index contributed by atoms with van der Waals surface area (Å²) in [5, 5.41) is 21.7. The van der Waals surface area contributed by atoms with Crippen LogP contribution in [-0.2, 0) is 10.8 Å². The average Bonchev–Trinajstić information content (AvgIpc) is 2.52. The third-order valence-electron chi connectivity index (χ3n) is 5.63. The van der Waals surface area contributed by atoms with E-state index in [-0.39, 0.29) is 29.2 Å². The van der Waals surface area contributed by atoms with Gasteiger partial charge in [-0.05, 0) is 58.4 Å². The molecule has 26 heavy (non-hydrogen) atoms.